The lowest BCUT2D eigenvalue weighted by Crippen LogP contribution is -2.15. The standard InChI is InChI=1S/C7H11NOS/c1-5-6(4-8-10-5)7(2,3)9/h4,9H,1-3H3. The van der Waals surface area contributed by atoms with Gasteiger partial charge < -0.3 is 5.11 Å². The summed E-state index contributed by atoms with van der Waals surface area (Å²) in [6.45, 7) is 5.50. The number of aromatic nitrogens is 1. The third kappa shape index (κ3) is 1.36. The minimum atomic E-state index is -0.739. The Labute approximate surface area is 64.7 Å². The van der Waals surface area contributed by atoms with Crippen LogP contribution >= 0.6 is 11.5 Å². The molecule has 0 aliphatic rings. The van der Waals surface area contributed by atoms with Gasteiger partial charge in [-0.25, -0.2) is 4.37 Å². The van der Waals surface area contributed by atoms with E-state index in [4.69, 9.17) is 0 Å². The topological polar surface area (TPSA) is 33.1 Å². The van der Waals surface area contributed by atoms with E-state index in [0.29, 0.717) is 0 Å². The second-order valence-electron chi connectivity index (χ2n) is 2.85. The highest BCUT2D eigenvalue weighted by Crippen LogP contribution is 2.24. The van der Waals surface area contributed by atoms with Gasteiger partial charge in [-0.2, -0.15) is 0 Å². The largest absolute Gasteiger partial charge is 0.386 e. The van der Waals surface area contributed by atoms with E-state index in [1.54, 1.807) is 20.0 Å². The Kier molecular flexibility index (Phi) is 1.79. The quantitative estimate of drug-likeness (QED) is 0.672. The van der Waals surface area contributed by atoms with Crippen molar-refractivity contribution in [3.05, 3.63) is 16.6 Å². The number of hydrogen-bond donors (Lipinski definition) is 1. The molecule has 1 N–H and O–H groups in total. The highest BCUT2D eigenvalue weighted by Gasteiger charge is 2.19. The first kappa shape index (κ1) is 7.69. The highest BCUT2D eigenvalue weighted by molar-refractivity contribution is 7.05. The van der Waals surface area contributed by atoms with Crippen LogP contribution in [-0.4, -0.2) is 9.48 Å². The van der Waals surface area contributed by atoms with Gasteiger partial charge in [0.1, 0.15) is 0 Å². The van der Waals surface area contributed by atoms with Crippen molar-refractivity contribution in [1.29, 1.82) is 0 Å². The molecule has 0 amide bonds. The molecule has 2 nitrogen and oxygen atoms in total. The summed E-state index contributed by atoms with van der Waals surface area (Å²) in [6, 6.07) is 0. The van der Waals surface area contributed by atoms with E-state index in [2.05, 4.69) is 4.37 Å². The number of aryl methyl sites for hydroxylation is 1. The lowest BCUT2D eigenvalue weighted by molar-refractivity contribution is 0.0782. The monoisotopic (exact) mass is 157 g/mol. The molecule has 0 aromatic carbocycles. The summed E-state index contributed by atoms with van der Waals surface area (Å²) in [6.07, 6.45) is 1.72. The summed E-state index contributed by atoms with van der Waals surface area (Å²) < 4.78 is 3.97. The van der Waals surface area contributed by atoms with Crippen molar-refractivity contribution in [2.45, 2.75) is 26.4 Å². The zero-order valence-electron chi connectivity index (χ0n) is 6.38. The van der Waals surface area contributed by atoms with Crippen molar-refractivity contribution < 1.29 is 5.11 Å². The molecule has 3 heteroatoms. The van der Waals surface area contributed by atoms with E-state index in [0.717, 1.165) is 10.4 Å². The van der Waals surface area contributed by atoms with Gasteiger partial charge in [0.25, 0.3) is 0 Å². The maximum atomic E-state index is 9.53. The molecule has 0 fully saturated rings. The van der Waals surface area contributed by atoms with Gasteiger partial charge in [0.15, 0.2) is 0 Å². The molecule has 1 rings (SSSR count). The van der Waals surface area contributed by atoms with Crippen LogP contribution in [0.3, 0.4) is 0 Å². The number of hydrogen-bond acceptors (Lipinski definition) is 3. The van der Waals surface area contributed by atoms with E-state index >= 15 is 0 Å². The molecule has 0 radical (unpaired) electrons. The van der Waals surface area contributed by atoms with Crippen LogP contribution in [-0.2, 0) is 5.60 Å². The molecule has 1 heterocycles. The van der Waals surface area contributed by atoms with Gasteiger partial charge in [0, 0.05) is 16.6 Å². The molecule has 0 aliphatic heterocycles. The molecule has 0 atom stereocenters. The summed E-state index contributed by atoms with van der Waals surface area (Å²) >= 11 is 1.42. The Bertz CT molecular complexity index is 224. The molecule has 10 heavy (non-hydrogen) atoms. The van der Waals surface area contributed by atoms with Gasteiger partial charge in [0.2, 0.25) is 0 Å². The van der Waals surface area contributed by atoms with Crippen LogP contribution in [0, 0.1) is 6.92 Å². The predicted octanol–water partition coefficient (Wildman–Crippen LogP) is 1.68. The third-order valence-electron chi connectivity index (χ3n) is 1.41. The smallest absolute Gasteiger partial charge is 0.0866 e. The fourth-order valence-corrected chi connectivity index (χ4v) is 1.60. The molecule has 0 bridgehead atoms. The molecule has 1 aromatic rings. The first-order chi connectivity index (χ1) is 4.52. The van der Waals surface area contributed by atoms with Gasteiger partial charge in [0.05, 0.1) is 5.60 Å². The highest BCUT2D eigenvalue weighted by atomic mass is 32.1. The maximum absolute atomic E-state index is 9.53. The van der Waals surface area contributed by atoms with Gasteiger partial charge in [-0.1, -0.05) is 0 Å². The molecule has 0 saturated carbocycles. The predicted molar refractivity (Wildman–Crippen MR) is 42.1 cm³/mol. The van der Waals surface area contributed by atoms with Gasteiger partial charge >= 0.3 is 0 Å². The van der Waals surface area contributed by atoms with Crippen LogP contribution in [0.5, 0.6) is 0 Å². The van der Waals surface area contributed by atoms with E-state index in [1.807, 2.05) is 6.92 Å². The Morgan fingerprint density at radius 3 is 2.40 bits per heavy atom. The van der Waals surface area contributed by atoms with E-state index in [-0.39, 0.29) is 0 Å². The zero-order valence-corrected chi connectivity index (χ0v) is 7.20. The molecule has 0 aliphatic carbocycles. The van der Waals surface area contributed by atoms with Crippen LogP contribution in [0.4, 0.5) is 0 Å². The molecular weight excluding hydrogens is 146 g/mol. The van der Waals surface area contributed by atoms with Crippen LogP contribution in [0.25, 0.3) is 0 Å². The molecule has 0 unspecified atom stereocenters. The Morgan fingerprint density at radius 2 is 2.20 bits per heavy atom. The van der Waals surface area contributed by atoms with Crippen LogP contribution in [0.2, 0.25) is 0 Å². The third-order valence-corrected chi connectivity index (χ3v) is 2.11. The van der Waals surface area contributed by atoms with Crippen molar-refractivity contribution in [2.24, 2.45) is 0 Å². The molecule has 56 valence electrons. The lowest BCUT2D eigenvalue weighted by Gasteiger charge is -2.15. The lowest BCUT2D eigenvalue weighted by atomic mass is 10.0. The van der Waals surface area contributed by atoms with Gasteiger partial charge in [-0.15, -0.1) is 0 Å². The van der Waals surface area contributed by atoms with Crippen LogP contribution in [0.1, 0.15) is 24.3 Å². The minimum Gasteiger partial charge on any atom is -0.386 e. The van der Waals surface area contributed by atoms with Crippen molar-refractivity contribution in [3.63, 3.8) is 0 Å². The zero-order chi connectivity index (χ0) is 7.78. The van der Waals surface area contributed by atoms with Gasteiger partial charge in [-0.05, 0) is 32.3 Å². The average Bonchev–Trinajstić information content (AvgIpc) is 2.11. The summed E-state index contributed by atoms with van der Waals surface area (Å²) in [7, 11) is 0. The van der Waals surface area contributed by atoms with E-state index < -0.39 is 5.60 Å². The molecule has 1 aromatic heterocycles. The molecule has 0 spiro atoms. The minimum absolute atomic E-state index is 0.739. The number of aliphatic hydroxyl groups is 1. The fraction of sp³-hybridized carbons (Fsp3) is 0.571. The van der Waals surface area contributed by atoms with Crippen molar-refractivity contribution in [3.8, 4) is 0 Å². The number of rotatable bonds is 1. The fourth-order valence-electron chi connectivity index (χ4n) is 0.887. The second-order valence-corrected chi connectivity index (χ2v) is 3.86. The van der Waals surface area contributed by atoms with E-state index in [1.165, 1.54) is 11.5 Å². The molecular formula is C7H11NOS. The van der Waals surface area contributed by atoms with E-state index in [9.17, 15) is 5.11 Å². The Morgan fingerprint density at radius 1 is 1.60 bits per heavy atom. The van der Waals surface area contributed by atoms with Gasteiger partial charge in [-0.3, -0.25) is 0 Å². The summed E-state index contributed by atoms with van der Waals surface area (Å²) in [5.41, 5.74) is 0.189. The molecule has 0 saturated heterocycles. The Hall–Kier alpha value is -0.410. The Balaban J connectivity index is 3.05. The SMILES string of the molecule is Cc1sncc1C(C)(C)O. The second kappa shape index (κ2) is 2.32. The maximum Gasteiger partial charge on any atom is 0.0866 e. The van der Waals surface area contributed by atoms with Crippen LogP contribution in [0.15, 0.2) is 6.20 Å². The summed E-state index contributed by atoms with van der Waals surface area (Å²) in [5, 5.41) is 9.53. The van der Waals surface area contributed by atoms with Crippen molar-refractivity contribution >= 4 is 11.5 Å². The summed E-state index contributed by atoms with van der Waals surface area (Å²) in [4.78, 5) is 1.09. The normalized spacial score (nSPS) is 12.0. The first-order valence-electron chi connectivity index (χ1n) is 3.16. The first-order valence-corrected chi connectivity index (χ1v) is 3.93. The van der Waals surface area contributed by atoms with Crippen molar-refractivity contribution in [1.82, 2.24) is 4.37 Å². The average molecular weight is 157 g/mol. The number of nitrogens with zero attached hydrogens (tertiary/aromatic N) is 1. The summed E-state index contributed by atoms with van der Waals surface area (Å²) in [5.74, 6) is 0. The van der Waals surface area contributed by atoms with Crippen molar-refractivity contribution in [2.75, 3.05) is 0 Å². The van der Waals surface area contributed by atoms with Crippen LogP contribution < -0.4 is 0 Å².